The van der Waals surface area contributed by atoms with E-state index in [-0.39, 0.29) is 97.5 Å². The summed E-state index contributed by atoms with van der Waals surface area (Å²) in [6, 6.07) is 7.97. The van der Waals surface area contributed by atoms with Gasteiger partial charge in [0.25, 0.3) is 0 Å². The molecule has 0 saturated carbocycles. The average molecular weight is 1140 g/mol. The third-order valence-electron chi connectivity index (χ3n) is 12.4. The number of unbranched alkanes of at least 4 members (excludes halogenated alkanes) is 1. The molecule has 0 aromatic heterocycles. The predicted molar refractivity (Wildman–Crippen MR) is 294 cm³/mol. The fourth-order valence-corrected chi connectivity index (χ4v) is 16.0. The Morgan fingerprint density at radius 1 is 0.649 bits per heavy atom. The monoisotopic (exact) mass is 1140 g/mol. The van der Waals surface area contributed by atoms with Gasteiger partial charge in [-0.15, -0.1) is 0 Å². The standard InChI is InChI=1S/C17H38O3Si2.C14H28O2.C12H14F3NO3S.C11H22O4.K/c1-9-11-14-21(5,6)20-22(7,8)15-12-13-19-16(18)17(3,4)10-2;1-6-10-14(5,7-2)13(15)16-11-8-9-12(3)4;1-3-8(2)9-4-6-10(7-5-9)11(17)16-20(18,19)12(13,14)15;1-4-10(3)11(12)15-9-8-14-7-6-13-5-2;/h9-15H2,1-8H3;12H,6-11H2,1-5H3;4-8H,3H2,1-2H3,(H,16,17);10H,4-9H2,1-3H3;/q;;;;+1/p-1. The van der Waals surface area contributed by atoms with Gasteiger partial charge in [-0.2, -0.15) is 13.2 Å². The van der Waals surface area contributed by atoms with Crippen molar-refractivity contribution in [2.45, 2.75) is 217 Å². The quantitative estimate of drug-likeness (QED) is 0.0290. The Morgan fingerprint density at radius 3 is 1.62 bits per heavy atom. The number of ether oxygens (including phenoxy) is 5. The van der Waals surface area contributed by atoms with Gasteiger partial charge < -0.3 is 37.3 Å². The minimum atomic E-state index is -5.80. The van der Waals surface area contributed by atoms with E-state index in [9.17, 15) is 40.8 Å². The smallest absolute Gasteiger partial charge is 0.534 e. The average Bonchev–Trinajstić information content (AvgIpc) is 3.32. The Hall–Kier alpha value is -1.21. The van der Waals surface area contributed by atoms with Crippen molar-refractivity contribution >= 4 is 50.5 Å². The summed E-state index contributed by atoms with van der Waals surface area (Å²) in [5, 5.41) is 0. The van der Waals surface area contributed by atoms with Crippen molar-refractivity contribution in [3.05, 3.63) is 40.1 Å². The van der Waals surface area contributed by atoms with Crippen molar-refractivity contribution in [3.63, 3.8) is 0 Å². The Balaban J connectivity index is -0.000000445. The molecule has 0 aliphatic heterocycles. The molecule has 74 heavy (non-hydrogen) atoms. The van der Waals surface area contributed by atoms with Gasteiger partial charge in [0.15, 0.2) is 26.7 Å². The van der Waals surface area contributed by atoms with Gasteiger partial charge in [-0.3, -0.25) is 14.4 Å². The molecule has 1 aromatic rings. The summed E-state index contributed by atoms with van der Waals surface area (Å²) in [6.45, 7) is 41.4. The van der Waals surface area contributed by atoms with E-state index in [0.29, 0.717) is 52.2 Å². The van der Waals surface area contributed by atoms with Gasteiger partial charge in [-0.05, 0) is 140 Å². The molecule has 0 fully saturated rings. The first-order chi connectivity index (χ1) is 33.7. The number of alkyl halides is 3. The number of hydrogen-bond acceptors (Lipinski definition) is 12. The van der Waals surface area contributed by atoms with E-state index >= 15 is 0 Å². The second-order valence-corrected chi connectivity index (χ2v) is 31.5. The van der Waals surface area contributed by atoms with Gasteiger partial charge in [0.05, 0.1) is 55.7 Å². The molecule has 3 unspecified atom stereocenters. The molecule has 0 N–H and O–H groups in total. The third kappa shape index (κ3) is 37.6. The van der Waals surface area contributed by atoms with E-state index < -0.39 is 38.1 Å². The molecule has 1 amide bonds. The van der Waals surface area contributed by atoms with Crippen LogP contribution in [-0.4, -0.2) is 101 Å². The Morgan fingerprint density at radius 2 is 1.16 bits per heavy atom. The van der Waals surface area contributed by atoms with Crippen LogP contribution in [0.4, 0.5) is 13.2 Å². The van der Waals surface area contributed by atoms with Gasteiger partial charge >= 0.3 is 74.8 Å². The van der Waals surface area contributed by atoms with Gasteiger partial charge in [0.2, 0.25) is 0 Å². The van der Waals surface area contributed by atoms with E-state index in [1.54, 1.807) is 12.1 Å². The summed E-state index contributed by atoms with van der Waals surface area (Å²) >= 11 is 0. The Bertz CT molecular complexity index is 1770. The first-order valence-corrected chi connectivity index (χ1v) is 34.4. The second kappa shape index (κ2) is 41.8. The summed E-state index contributed by atoms with van der Waals surface area (Å²) in [4.78, 5) is 46.5. The van der Waals surface area contributed by atoms with E-state index in [0.717, 1.165) is 69.4 Å². The number of hydrogen-bond donors (Lipinski definition) is 0. The molecule has 13 nitrogen and oxygen atoms in total. The van der Waals surface area contributed by atoms with Crippen LogP contribution in [0.5, 0.6) is 0 Å². The van der Waals surface area contributed by atoms with Crippen molar-refractivity contribution in [1.82, 2.24) is 0 Å². The summed E-state index contributed by atoms with van der Waals surface area (Å²) in [5.41, 5.74) is -5.50. The summed E-state index contributed by atoms with van der Waals surface area (Å²) in [5.74, 6) is -0.770. The first kappa shape index (κ1) is 79.3. The molecule has 1 aromatic carbocycles. The number of sulfonamides is 1. The van der Waals surface area contributed by atoms with Crippen LogP contribution in [-0.2, 0) is 52.2 Å². The van der Waals surface area contributed by atoms with Crippen LogP contribution >= 0.6 is 0 Å². The zero-order valence-electron chi connectivity index (χ0n) is 49.6. The molecule has 0 heterocycles. The molecule has 0 aliphatic rings. The third-order valence-corrected chi connectivity index (χ3v) is 20.9. The zero-order chi connectivity index (χ0) is 57.1. The minimum Gasteiger partial charge on any atom is -0.534 e. The van der Waals surface area contributed by atoms with Crippen molar-refractivity contribution in [2.24, 2.45) is 22.7 Å². The number of carbonyl (C=O) groups excluding carboxylic acids is 4. The summed E-state index contributed by atoms with van der Waals surface area (Å²) < 4.78 is 92.6. The maximum absolute atomic E-state index is 12.1. The zero-order valence-corrected chi connectivity index (χ0v) is 55.5. The molecule has 0 spiro atoms. The second-order valence-electron chi connectivity index (χ2n) is 21.1. The SMILES string of the molecule is CCC(C)c1ccc(C(=O)[N-]S(=O)(=O)C(F)(F)F)cc1.CCCC(C)(CC)C(=O)OCCCC(C)C.CCCC[Si](C)(C)O[Si](C)(C)CCCOC(=O)C(C)(C)CC.CCOCCOCCOC(=O)C(C)CC.[K+]. The number of benzene rings is 1. The van der Waals surface area contributed by atoms with Crippen LogP contribution in [0.1, 0.15) is 189 Å². The molecule has 0 saturated heterocycles. The maximum atomic E-state index is 12.1. The molecular weight excluding hydrogens is 1040 g/mol. The minimum absolute atomic E-state index is 0. The van der Waals surface area contributed by atoms with Crippen LogP contribution < -0.4 is 51.4 Å². The number of carbonyl (C=O) groups is 4. The molecule has 0 aliphatic carbocycles. The molecule has 0 bridgehead atoms. The molecular formula is C54H101F3KNO12SSi2. The number of halogens is 3. The summed E-state index contributed by atoms with van der Waals surface area (Å²) in [7, 11) is -8.97. The Labute approximate surface area is 492 Å². The van der Waals surface area contributed by atoms with Gasteiger partial charge in [-0.25, -0.2) is 8.42 Å². The van der Waals surface area contributed by atoms with Crippen LogP contribution in [0.15, 0.2) is 24.3 Å². The van der Waals surface area contributed by atoms with Crippen LogP contribution in [0.25, 0.3) is 4.72 Å². The summed E-state index contributed by atoms with van der Waals surface area (Å²) in [6.07, 6.45) is 10.8. The number of nitrogens with zero attached hydrogens (tertiary/aromatic N) is 1. The van der Waals surface area contributed by atoms with Crippen molar-refractivity contribution in [2.75, 3.05) is 46.2 Å². The molecule has 430 valence electrons. The fourth-order valence-electron chi connectivity index (χ4n) is 6.54. The van der Waals surface area contributed by atoms with Gasteiger partial charge in [-0.1, -0.05) is 113 Å². The van der Waals surface area contributed by atoms with E-state index in [2.05, 4.69) is 65.5 Å². The van der Waals surface area contributed by atoms with Crippen molar-refractivity contribution < 1.29 is 120 Å². The molecule has 20 heteroatoms. The largest absolute Gasteiger partial charge is 1.00 e. The van der Waals surface area contributed by atoms with Gasteiger partial charge in [0.1, 0.15) is 6.61 Å². The van der Waals surface area contributed by atoms with Gasteiger partial charge in [0, 0.05) is 6.61 Å². The van der Waals surface area contributed by atoms with Crippen LogP contribution in [0.3, 0.4) is 0 Å². The number of esters is 3. The normalized spacial score (nSPS) is 13.4. The first-order valence-electron chi connectivity index (χ1n) is 26.8. The Kier molecular flexibility index (Phi) is 44.8. The molecule has 1 rings (SSSR count). The number of rotatable bonds is 32. The fraction of sp³-hybridized carbons (Fsp3) is 0.815. The molecule has 0 radical (unpaired) electrons. The maximum Gasteiger partial charge on any atom is 1.00 e. The van der Waals surface area contributed by atoms with Crippen LogP contribution in [0.2, 0.25) is 38.3 Å². The number of amides is 1. The van der Waals surface area contributed by atoms with E-state index in [1.807, 2.05) is 62.3 Å². The van der Waals surface area contributed by atoms with Crippen molar-refractivity contribution in [3.8, 4) is 0 Å². The van der Waals surface area contributed by atoms with Crippen molar-refractivity contribution in [1.29, 1.82) is 0 Å². The molecule has 3 atom stereocenters. The van der Waals surface area contributed by atoms with Crippen LogP contribution in [0, 0.1) is 22.7 Å². The van der Waals surface area contributed by atoms with E-state index in [1.165, 1.54) is 31.0 Å². The topological polar surface area (TPSA) is 172 Å². The van der Waals surface area contributed by atoms with E-state index in [4.69, 9.17) is 27.8 Å². The predicted octanol–water partition coefficient (Wildman–Crippen LogP) is 12.0.